The molecule has 2 amide bonds. The number of aromatic amines is 1. The van der Waals surface area contributed by atoms with Crippen LogP contribution in [0.1, 0.15) is 16.1 Å². The molecule has 1 aliphatic rings. The molecule has 190 valence electrons. The van der Waals surface area contributed by atoms with Crippen molar-refractivity contribution in [3.05, 3.63) is 78.5 Å². The molecule has 38 heavy (non-hydrogen) atoms. The van der Waals surface area contributed by atoms with Crippen LogP contribution >= 0.6 is 0 Å². The predicted octanol–water partition coefficient (Wildman–Crippen LogP) is 2.57. The van der Waals surface area contributed by atoms with Gasteiger partial charge in [0.05, 0.1) is 22.4 Å². The van der Waals surface area contributed by atoms with E-state index in [-0.39, 0.29) is 46.4 Å². The molecular formula is C25H19N7O5S. The zero-order valence-corrected chi connectivity index (χ0v) is 20.4. The molecular weight excluding hydrogens is 510 g/mol. The van der Waals surface area contributed by atoms with Crippen molar-refractivity contribution < 1.29 is 22.7 Å². The molecule has 0 unspecified atom stereocenters. The number of anilines is 2. The van der Waals surface area contributed by atoms with Gasteiger partial charge in [0.15, 0.2) is 12.3 Å². The van der Waals surface area contributed by atoms with Crippen LogP contribution < -0.4 is 20.1 Å². The Morgan fingerprint density at radius 2 is 1.92 bits per heavy atom. The monoisotopic (exact) mass is 529 g/mol. The first-order valence-corrected chi connectivity index (χ1v) is 12.9. The summed E-state index contributed by atoms with van der Waals surface area (Å²) in [7, 11) is -4.03. The molecule has 4 N–H and O–H groups in total. The van der Waals surface area contributed by atoms with E-state index in [4.69, 9.17) is 4.74 Å². The van der Waals surface area contributed by atoms with Crippen molar-refractivity contribution in [3.8, 4) is 5.75 Å². The van der Waals surface area contributed by atoms with E-state index in [1.165, 1.54) is 24.8 Å². The Labute approximate surface area is 215 Å². The molecule has 0 spiro atoms. The molecule has 5 aromatic rings. The molecule has 0 saturated heterocycles. The van der Waals surface area contributed by atoms with Crippen LogP contribution in [0.25, 0.3) is 21.9 Å². The van der Waals surface area contributed by atoms with Crippen LogP contribution in [0.15, 0.2) is 72.1 Å². The third-order valence-electron chi connectivity index (χ3n) is 5.94. The van der Waals surface area contributed by atoms with Gasteiger partial charge in [-0.1, -0.05) is 24.3 Å². The van der Waals surface area contributed by atoms with Gasteiger partial charge in [-0.15, -0.1) is 0 Å². The Hall–Kier alpha value is -5.04. The topological polar surface area (TPSA) is 168 Å². The number of benzene rings is 2. The Balaban J connectivity index is 1.24. The number of aromatic nitrogens is 4. The smallest absolute Gasteiger partial charge is 0.272 e. The Morgan fingerprint density at radius 1 is 1.05 bits per heavy atom. The summed E-state index contributed by atoms with van der Waals surface area (Å²) in [6.07, 6.45) is 4.13. The minimum absolute atomic E-state index is 0.0172. The SMILES string of the molecule is O=C1COc2ccc(CNC(=O)c3ncnc4c(NS(=O)(=O)c5cccc6cccnc56)c[nH]c34)cc2N1. The van der Waals surface area contributed by atoms with E-state index in [1.54, 1.807) is 42.5 Å². The summed E-state index contributed by atoms with van der Waals surface area (Å²) in [5, 5.41) is 6.19. The fourth-order valence-corrected chi connectivity index (χ4v) is 5.43. The quantitative estimate of drug-likeness (QED) is 0.260. The molecule has 0 bridgehead atoms. The Bertz CT molecular complexity index is 1850. The highest BCUT2D eigenvalue weighted by Gasteiger charge is 2.23. The fourth-order valence-electron chi connectivity index (χ4n) is 4.19. The summed E-state index contributed by atoms with van der Waals surface area (Å²) >= 11 is 0. The second-order valence-corrected chi connectivity index (χ2v) is 10.1. The average molecular weight is 530 g/mol. The van der Waals surface area contributed by atoms with Crippen LogP contribution in [0, 0.1) is 0 Å². The Morgan fingerprint density at radius 3 is 2.82 bits per heavy atom. The number of pyridine rings is 1. The number of carbonyl (C=O) groups excluding carboxylic acids is 2. The standard InChI is InChI=1S/C25H19N7O5S/c33-20-12-37-18-7-6-14(9-16(18)31-20)10-28-25(34)24-23-22(29-13-30-24)17(11-27-23)32-38(35,36)19-5-1-3-15-4-2-8-26-21(15)19/h1-9,11,13,27,32H,10,12H2,(H,28,34)(H,31,33). The van der Waals surface area contributed by atoms with Crippen molar-refractivity contribution in [3.63, 3.8) is 0 Å². The summed E-state index contributed by atoms with van der Waals surface area (Å²) in [6, 6.07) is 13.6. The molecule has 0 radical (unpaired) electrons. The van der Waals surface area contributed by atoms with Crippen LogP contribution in [-0.4, -0.2) is 46.8 Å². The van der Waals surface area contributed by atoms with Crippen molar-refractivity contribution >= 4 is 55.1 Å². The van der Waals surface area contributed by atoms with Crippen molar-refractivity contribution in [1.29, 1.82) is 0 Å². The maximum Gasteiger partial charge on any atom is 0.272 e. The minimum Gasteiger partial charge on any atom is -0.482 e. The second-order valence-electron chi connectivity index (χ2n) is 8.44. The number of hydrogen-bond acceptors (Lipinski definition) is 8. The molecule has 0 saturated carbocycles. The molecule has 0 fully saturated rings. The number of nitrogens with zero attached hydrogens (tertiary/aromatic N) is 3. The van der Waals surface area contributed by atoms with E-state index in [0.717, 1.165) is 5.56 Å². The molecule has 0 aliphatic carbocycles. The van der Waals surface area contributed by atoms with E-state index in [0.29, 0.717) is 22.3 Å². The number of rotatable bonds is 6. The van der Waals surface area contributed by atoms with Crippen LogP contribution in [0.3, 0.4) is 0 Å². The number of amides is 2. The van der Waals surface area contributed by atoms with Gasteiger partial charge >= 0.3 is 0 Å². The first kappa shape index (κ1) is 23.4. The summed E-state index contributed by atoms with van der Waals surface area (Å²) in [5.41, 5.74) is 2.30. The van der Waals surface area contributed by atoms with Crippen LogP contribution in [0.4, 0.5) is 11.4 Å². The van der Waals surface area contributed by atoms with Gasteiger partial charge in [0, 0.05) is 24.3 Å². The molecule has 4 heterocycles. The van der Waals surface area contributed by atoms with E-state index in [9.17, 15) is 18.0 Å². The van der Waals surface area contributed by atoms with Crippen molar-refractivity contribution in [2.75, 3.05) is 16.6 Å². The largest absolute Gasteiger partial charge is 0.482 e. The van der Waals surface area contributed by atoms with Crippen LogP contribution in [-0.2, 0) is 21.4 Å². The third kappa shape index (κ3) is 4.24. The summed E-state index contributed by atoms with van der Waals surface area (Å²) in [6.45, 7) is 0.113. The molecule has 1 aliphatic heterocycles. The Kier molecular flexibility index (Phi) is 5.61. The van der Waals surface area contributed by atoms with Crippen LogP contribution in [0.2, 0.25) is 0 Å². The summed E-state index contributed by atoms with van der Waals surface area (Å²) in [5.74, 6) is -0.195. The van der Waals surface area contributed by atoms with E-state index in [2.05, 4.69) is 35.3 Å². The zero-order chi connectivity index (χ0) is 26.3. The first-order chi connectivity index (χ1) is 18.4. The maximum atomic E-state index is 13.2. The lowest BCUT2D eigenvalue weighted by Crippen LogP contribution is -2.26. The summed E-state index contributed by atoms with van der Waals surface area (Å²) in [4.78, 5) is 39.9. The van der Waals surface area contributed by atoms with Gasteiger partial charge in [-0.05, 0) is 29.8 Å². The van der Waals surface area contributed by atoms with Gasteiger partial charge in [-0.2, -0.15) is 0 Å². The number of nitrogens with one attached hydrogen (secondary N) is 4. The molecule has 3 aromatic heterocycles. The number of fused-ring (bicyclic) bond motifs is 3. The third-order valence-corrected chi connectivity index (χ3v) is 7.33. The van der Waals surface area contributed by atoms with Gasteiger partial charge in [-0.3, -0.25) is 19.3 Å². The highest BCUT2D eigenvalue weighted by Crippen LogP contribution is 2.29. The number of para-hydroxylation sites is 1. The number of H-pyrrole nitrogens is 1. The molecule has 12 nitrogen and oxygen atoms in total. The lowest BCUT2D eigenvalue weighted by Gasteiger charge is -2.18. The van der Waals surface area contributed by atoms with Crippen molar-refractivity contribution in [2.24, 2.45) is 0 Å². The van der Waals surface area contributed by atoms with Gasteiger partial charge in [-0.25, -0.2) is 18.4 Å². The minimum atomic E-state index is -4.03. The average Bonchev–Trinajstić information content (AvgIpc) is 3.33. The second kappa shape index (κ2) is 9.12. The van der Waals surface area contributed by atoms with Gasteiger partial charge in [0.2, 0.25) is 0 Å². The number of ether oxygens (including phenoxy) is 1. The predicted molar refractivity (Wildman–Crippen MR) is 138 cm³/mol. The lowest BCUT2D eigenvalue weighted by atomic mass is 10.1. The van der Waals surface area contributed by atoms with E-state index < -0.39 is 15.9 Å². The molecule has 6 rings (SSSR count). The lowest BCUT2D eigenvalue weighted by molar-refractivity contribution is -0.118. The first-order valence-electron chi connectivity index (χ1n) is 11.4. The maximum absolute atomic E-state index is 13.2. The van der Waals surface area contributed by atoms with E-state index in [1.807, 2.05) is 0 Å². The van der Waals surface area contributed by atoms with Gasteiger partial charge in [0.25, 0.3) is 21.8 Å². The molecule has 2 aromatic carbocycles. The fraction of sp³-hybridized carbons (Fsp3) is 0.0800. The van der Waals surface area contributed by atoms with Gasteiger partial charge < -0.3 is 20.4 Å². The van der Waals surface area contributed by atoms with Gasteiger partial charge in [0.1, 0.15) is 22.5 Å². The zero-order valence-electron chi connectivity index (χ0n) is 19.6. The van der Waals surface area contributed by atoms with E-state index >= 15 is 0 Å². The molecule has 0 atom stereocenters. The number of carbonyl (C=O) groups is 2. The normalized spacial score (nSPS) is 13.0. The summed E-state index contributed by atoms with van der Waals surface area (Å²) < 4.78 is 34.4. The van der Waals surface area contributed by atoms with Crippen molar-refractivity contribution in [1.82, 2.24) is 25.3 Å². The number of sulfonamides is 1. The highest BCUT2D eigenvalue weighted by atomic mass is 32.2. The van der Waals surface area contributed by atoms with Crippen LogP contribution in [0.5, 0.6) is 5.75 Å². The molecule has 13 heteroatoms. The highest BCUT2D eigenvalue weighted by molar-refractivity contribution is 7.93. The van der Waals surface area contributed by atoms with Crippen molar-refractivity contribution in [2.45, 2.75) is 11.4 Å². The number of hydrogen-bond donors (Lipinski definition) is 4.